The molecule has 0 saturated heterocycles. The van der Waals surface area contributed by atoms with Gasteiger partial charge in [0.1, 0.15) is 5.82 Å². The summed E-state index contributed by atoms with van der Waals surface area (Å²) < 4.78 is 31.5. The Balaban J connectivity index is 1.92. The molecule has 0 radical (unpaired) electrons. The fourth-order valence-electron chi connectivity index (χ4n) is 2.57. The van der Waals surface area contributed by atoms with Crippen molar-refractivity contribution in [3.8, 4) is 0 Å². The van der Waals surface area contributed by atoms with Crippen molar-refractivity contribution in [2.75, 3.05) is 18.0 Å². The number of methoxy groups -OCH3 is 1. The molecule has 6 nitrogen and oxygen atoms in total. The van der Waals surface area contributed by atoms with Crippen LogP contribution in [-0.2, 0) is 26.0 Å². The summed E-state index contributed by atoms with van der Waals surface area (Å²) in [5.41, 5.74) is 1.50. The number of pyridine rings is 1. The Morgan fingerprint density at radius 2 is 2.16 bits per heavy atom. The van der Waals surface area contributed by atoms with Crippen LogP contribution in [0.1, 0.15) is 11.1 Å². The van der Waals surface area contributed by atoms with Gasteiger partial charge in [0.15, 0.2) is 0 Å². The molecule has 0 fully saturated rings. The highest BCUT2D eigenvalue weighted by Crippen LogP contribution is 2.32. The van der Waals surface area contributed by atoms with Crippen LogP contribution in [-0.4, -0.2) is 33.0 Å². The van der Waals surface area contributed by atoms with Gasteiger partial charge in [-0.15, -0.1) is 0 Å². The van der Waals surface area contributed by atoms with Crippen LogP contribution in [0.5, 0.6) is 0 Å². The summed E-state index contributed by atoms with van der Waals surface area (Å²) >= 11 is 5.91. The van der Waals surface area contributed by atoms with E-state index in [-0.39, 0.29) is 4.90 Å². The fraction of sp³-hybridized carbons (Fsp3) is 0.176. The third-order valence-corrected chi connectivity index (χ3v) is 5.80. The molecular formula is C17H15ClN2O4S. The van der Waals surface area contributed by atoms with Gasteiger partial charge in [-0.1, -0.05) is 17.7 Å². The Bertz CT molecular complexity index is 957. The quantitative estimate of drug-likeness (QED) is 0.604. The summed E-state index contributed by atoms with van der Waals surface area (Å²) in [6, 6.07) is 7.96. The van der Waals surface area contributed by atoms with Crippen LogP contribution in [0.2, 0.25) is 5.02 Å². The number of esters is 1. The number of benzene rings is 1. The maximum atomic E-state index is 12.8. The highest BCUT2D eigenvalue weighted by atomic mass is 35.5. The zero-order chi connectivity index (χ0) is 18.0. The van der Waals surface area contributed by atoms with E-state index < -0.39 is 16.0 Å². The highest BCUT2D eigenvalue weighted by Gasteiger charge is 2.32. The third-order valence-electron chi connectivity index (χ3n) is 3.78. The molecule has 2 aromatic rings. The number of ether oxygens (including phenoxy) is 1. The fourth-order valence-corrected chi connectivity index (χ4v) is 4.33. The maximum absolute atomic E-state index is 12.8. The lowest BCUT2D eigenvalue weighted by Gasteiger charge is -2.18. The van der Waals surface area contributed by atoms with Crippen LogP contribution >= 0.6 is 11.6 Å². The molecule has 0 N–H and O–H groups in total. The van der Waals surface area contributed by atoms with E-state index in [2.05, 4.69) is 9.72 Å². The molecular weight excluding hydrogens is 364 g/mol. The molecule has 25 heavy (non-hydrogen) atoms. The van der Waals surface area contributed by atoms with Gasteiger partial charge in [0.25, 0.3) is 10.0 Å². The van der Waals surface area contributed by atoms with Crippen molar-refractivity contribution in [1.29, 1.82) is 0 Å². The summed E-state index contributed by atoms with van der Waals surface area (Å²) in [6.45, 7) is 0.307. The lowest BCUT2D eigenvalue weighted by Crippen LogP contribution is -2.29. The minimum atomic E-state index is -3.72. The van der Waals surface area contributed by atoms with Gasteiger partial charge in [0, 0.05) is 23.8 Å². The maximum Gasteiger partial charge on any atom is 0.330 e. The first-order valence-electron chi connectivity index (χ1n) is 7.45. The molecule has 0 bridgehead atoms. The largest absolute Gasteiger partial charge is 0.466 e. The standard InChI is InChI=1S/C17H15ClN2O4S/c1-24-16(21)6-5-12-9-13-7-8-20(17(13)19-11-12)25(22,23)15-4-2-3-14(18)10-15/h2-6,9-11H,7-8H2,1H3. The molecule has 8 heteroatoms. The van der Waals surface area contributed by atoms with Crippen molar-refractivity contribution < 1.29 is 17.9 Å². The topological polar surface area (TPSA) is 76.6 Å². The zero-order valence-electron chi connectivity index (χ0n) is 13.3. The summed E-state index contributed by atoms with van der Waals surface area (Å²) in [5.74, 6) is -0.0687. The van der Waals surface area contributed by atoms with Crippen LogP contribution < -0.4 is 4.31 Å². The van der Waals surface area contributed by atoms with Gasteiger partial charge >= 0.3 is 5.97 Å². The zero-order valence-corrected chi connectivity index (χ0v) is 14.9. The van der Waals surface area contributed by atoms with Crippen LogP contribution in [0.25, 0.3) is 6.08 Å². The first-order valence-corrected chi connectivity index (χ1v) is 9.27. The predicted octanol–water partition coefficient (Wildman–Crippen LogP) is 2.67. The number of anilines is 1. The molecule has 0 atom stereocenters. The molecule has 2 heterocycles. The number of aromatic nitrogens is 1. The summed E-state index contributed by atoms with van der Waals surface area (Å²) in [4.78, 5) is 15.6. The Kier molecular flexibility index (Phi) is 4.78. The van der Waals surface area contributed by atoms with E-state index in [0.717, 1.165) is 5.56 Å². The minimum Gasteiger partial charge on any atom is -0.466 e. The smallest absolute Gasteiger partial charge is 0.330 e. The monoisotopic (exact) mass is 378 g/mol. The van der Waals surface area contributed by atoms with Crippen LogP contribution in [0.15, 0.2) is 47.5 Å². The molecule has 1 aliphatic rings. The molecule has 0 amide bonds. The van der Waals surface area contributed by atoms with Crippen molar-refractivity contribution in [2.24, 2.45) is 0 Å². The Labute approximate surface area is 150 Å². The third kappa shape index (κ3) is 3.52. The molecule has 3 rings (SSSR count). The van der Waals surface area contributed by atoms with Crippen LogP contribution in [0.3, 0.4) is 0 Å². The lowest BCUT2D eigenvalue weighted by atomic mass is 10.1. The first kappa shape index (κ1) is 17.4. The lowest BCUT2D eigenvalue weighted by molar-refractivity contribution is -0.134. The number of carbonyl (C=O) groups excluding carboxylic acids is 1. The van der Waals surface area contributed by atoms with Crippen molar-refractivity contribution in [1.82, 2.24) is 4.98 Å². The number of nitrogens with zero attached hydrogens (tertiary/aromatic N) is 2. The van der Waals surface area contributed by atoms with Crippen LogP contribution in [0.4, 0.5) is 5.82 Å². The molecule has 0 aliphatic carbocycles. The van der Waals surface area contributed by atoms with Gasteiger partial charge in [0.2, 0.25) is 0 Å². The van der Waals surface area contributed by atoms with Gasteiger partial charge in [-0.25, -0.2) is 22.5 Å². The van der Waals surface area contributed by atoms with E-state index in [9.17, 15) is 13.2 Å². The molecule has 130 valence electrons. The predicted molar refractivity (Wildman–Crippen MR) is 95.0 cm³/mol. The van der Waals surface area contributed by atoms with E-state index in [4.69, 9.17) is 11.6 Å². The van der Waals surface area contributed by atoms with Gasteiger partial charge in [-0.2, -0.15) is 0 Å². The Morgan fingerprint density at radius 1 is 1.36 bits per heavy atom. The molecule has 0 unspecified atom stereocenters. The highest BCUT2D eigenvalue weighted by molar-refractivity contribution is 7.92. The number of fused-ring (bicyclic) bond motifs is 1. The van der Waals surface area contributed by atoms with E-state index in [1.807, 2.05) is 6.07 Å². The molecule has 1 aromatic heterocycles. The van der Waals surface area contributed by atoms with E-state index >= 15 is 0 Å². The second kappa shape index (κ2) is 6.85. The summed E-state index contributed by atoms with van der Waals surface area (Å²) in [5, 5.41) is 0.358. The number of sulfonamides is 1. The molecule has 0 spiro atoms. The Morgan fingerprint density at radius 3 is 2.88 bits per heavy atom. The Hall–Kier alpha value is -2.38. The normalized spacial score (nSPS) is 13.9. The first-order chi connectivity index (χ1) is 11.9. The van der Waals surface area contributed by atoms with Gasteiger partial charge in [-0.05, 0) is 47.9 Å². The van der Waals surface area contributed by atoms with Crippen molar-refractivity contribution in [3.63, 3.8) is 0 Å². The number of halogens is 1. The number of hydrogen-bond acceptors (Lipinski definition) is 5. The molecule has 1 aliphatic heterocycles. The van der Waals surface area contributed by atoms with Gasteiger partial charge < -0.3 is 4.74 Å². The van der Waals surface area contributed by atoms with E-state index in [1.54, 1.807) is 18.2 Å². The molecule has 1 aromatic carbocycles. The summed E-state index contributed by atoms with van der Waals surface area (Å²) in [6.07, 6.45) is 4.93. The van der Waals surface area contributed by atoms with Gasteiger partial charge in [0.05, 0.1) is 12.0 Å². The summed E-state index contributed by atoms with van der Waals surface area (Å²) in [7, 11) is -2.43. The van der Waals surface area contributed by atoms with Crippen molar-refractivity contribution in [3.05, 3.63) is 58.8 Å². The number of hydrogen-bond donors (Lipinski definition) is 0. The average molecular weight is 379 g/mol. The molecule has 0 saturated carbocycles. The van der Waals surface area contributed by atoms with E-state index in [1.165, 1.54) is 35.8 Å². The second-order valence-electron chi connectivity index (χ2n) is 5.39. The second-order valence-corrected chi connectivity index (χ2v) is 7.69. The SMILES string of the molecule is COC(=O)C=Cc1cnc2c(c1)CCN2S(=O)(=O)c1cccc(Cl)c1. The van der Waals surface area contributed by atoms with E-state index in [0.29, 0.717) is 29.4 Å². The van der Waals surface area contributed by atoms with Crippen molar-refractivity contribution in [2.45, 2.75) is 11.3 Å². The number of carbonyl (C=O) groups is 1. The van der Waals surface area contributed by atoms with Crippen LogP contribution in [0, 0.1) is 0 Å². The number of rotatable bonds is 4. The average Bonchev–Trinajstić information content (AvgIpc) is 3.03. The van der Waals surface area contributed by atoms with Crippen molar-refractivity contribution >= 4 is 39.5 Å². The van der Waals surface area contributed by atoms with Gasteiger partial charge in [-0.3, -0.25) is 0 Å². The minimum absolute atomic E-state index is 0.129.